The van der Waals surface area contributed by atoms with Crippen molar-refractivity contribution in [1.29, 1.82) is 0 Å². The van der Waals surface area contributed by atoms with Gasteiger partial charge in [0.05, 0.1) is 19.7 Å². The van der Waals surface area contributed by atoms with E-state index in [0.29, 0.717) is 10.6 Å². The molecule has 13 nitrogen and oxygen atoms in total. The van der Waals surface area contributed by atoms with Gasteiger partial charge in [-0.1, -0.05) is 61.8 Å². The minimum Gasteiger partial charge on any atom is -0.478 e. The van der Waals surface area contributed by atoms with Crippen LogP contribution in [0.25, 0.3) is 11.1 Å². The number of rotatable bonds is 12. The van der Waals surface area contributed by atoms with Crippen molar-refractivity contribution in [3.8, 4) is 11.1 Å². The molecule has 3 aromatic rings. The Labute approximate surface area is 239 Å². The Morgan fingerprint density at radius 1 is 1.07 bits per heavy atom. The number of esters is 1. The van der Waals surface area contributed by atoms with Crippen LogP contribution >= 0.6 is 11.6 Å². The lowest BCUT2D eigenvalue weighted by Gasteiger charge is -2.27. The number of H-pyrrole nitrogens is 1. The second-order valence-corrected chi connectivity index (χ2v) is 9.66. The molecule has 0 unspecified atom stereocenters. The molecule has 0 saturated heterocycles. The van der Waals surface area contributed by atoms with E-state index in [1.54, 1.807) is 38.1 Å². The van der Waals surface area contributed by atoms with Crippen LogP contribution in [0.15, 0.2) is 63.9 Å². The van der Waals surface area contributed by atoms with Crippen molar-refractivity contribution in [3.05, 3.63) is 81.3 Å². The molecule has 0 aliphatic carbocycles. The molecule has 0 saturated carbocycles. The smallest absolute Gasteiger partial charge is 0.407 e. The molecule has 0 bridgehead atoms. The number of aromatic nitrogens is 1. The van der Waals surface area contributed by atoms with E-state index < -0.39 is 54.1 Å². The zero-order chi connectivity index (χ0) is 30.1. The molecule has 2 amide bonds. The summed E-state index contributed by atoms with van der Waals surface area (Å²) in [7, 11) is 1.12. The lowest BCUT2D eigenvalue weighted by atomic mass is 10.0. The van der Waals surface area contributed by atoms with Crippen molar-refractivity contribution in [3.63, 3.8) is 0 Å². The number of hydrogen-bond donors (Lipinski definition) is 4. The summed E-state index contributed by atoms with van der Waals surface area (Å²) in [6.07, 6.45) is -2.65. The molecule has 1 aromatic heterocycles. The number of methoxy groups -OCH3 is 1. The van der Waals surface area contributed by atoms with Gasteiger partial charge in [-0.25, -0.2) is 19.4 Å². The maximum Gasteiger partial charge on any atom is 0.407 e. The molecule has 0 fully saturated rings. The Hall–Kier alpha value is -4.62. The van der Waals surface area contributed by atoms with Crippen LogP contribution < -0.4 is 16.3 Å². The van der Waals surface area contributed by atoms with Crippen LogP contribution in [0.2, 0.25) is 5.02 Å². The van der Waals surface area contributed by atoms with Gasteiger partial charge in [-0.15, -0.1) is 0 Å². The first-order valence-corrected chi connectivity index (χ1v) is 12.7. The van der Waals surface area contributed by atoms with E-state index >= 15 is 0 Å². The highest BCUT2D eigenvalue weighted by atomic mass is 35.5. The zero-order valence-electron chi connectivity index (χ0n) is 22.4. The number of aliphatic carboxylic acids is 1. The van der Waals surface area contributed by atoms with Crippen LogP contribution in [-0.2, 0) is 25.6 Å². The summed E-state index contributed by atoms with van der Waals surface area (Å²) in [6.45, 7) is 2.73. The number of nitrogens with zero attached hydrogens (tertiary/aromatic N) is 1. The van der Waals surface area contributed by atoms with Crippen molar-refractivity contribution in [2.24, 2.45) is 5.92 Å². The number of hydrogen-bond acceptors (Lipinski definition) is 9. The van der Waals surface area contributed by atoms with Crippen molar-refractivity contribution in [1.82, 2.24) is 20.9 Å². The minimum absolute atomic E-state index is 0.0223. The quantitative estimate of drug-likeness (QED) is 0.181. The summed E-state index contributed by atoms with van der Waals surface area (Å²) in [5.74, 6) is -4.15. The summed E-state index contributed by atoms with van der Waals surface area (Å²) in [6, 6.07) is 14.2. The van der Waals surface area contributed by atoms with E-state index in [2.05, 4.69) is 15.5 Å². The number of carbonyl (C=O) groups is 4. The highest BCUT2D eigenvalue weighted by Gasteiger charge is 2.33. The maximum absolute atomic E-state index is 12.8. The topological polar surface area (TPSA) is 180 Å². The van der Waals surface area contributed by atoms with Crippen LogP contribution in [0, 0.1) is 5.92 Å². The summed E-state index contributed by atoms with van der Waals surface area (Å²) in [4.78, 5) is 60.7. The first-order valence-electron chi connectivity index (χ1n) is 12.3. The molecular formula is C27H29ClN4O9. The number of amides is 2. The van der Waals surface area contributed by atoms with Gasteiger partial charge >= 0.3 is 23.9 Å². The largest absolute Gasteiger partial charge is 0.478 e. The second-order valence-electron chi connectivity index (χ2n) is 9.23. The van der Waals surface area contributed by atoms with Crippen molar-refractivity contribution in [2.45, 2.75) is 32.5 Å². The summed E-state index contributed by atoms with van der Waals surface area (Å²) < 4.78 is 14.6. The highest BCUT2D eigenvalue weighted by Crippen LogP contribution is 2.23. The summed E-state index contributed by atoms with van der Waals surface area (Å²) >= 11 is 6.09. The van der Waals surface area contributed by atoms with Gasteiger partial charge in [0.25, 0.3) is 5.56 Å². The highest BCUT2D eigenvalue weighted by molar-refractivity contribution is 6.30. The lowest BCUT2D eigenvalue weighted by Crippen LogP contribution is -2.51. The van der Waals surface area contributed by atoms with Gasteiger partial charge in [0.2, 0.25) is 11.9 Å². The van der Waals surface area contributed by atoms with Crippen molar-refractivity contribution < 1.29 is 38.3 Å². The van der Waals surface area contributed by atoms with Crippen molar-refractivity contribution >= 4 is 35.5 Å². The number of carboxylic acid groups (broad SMARTS) is 1. The minimum atomic E-state index is -1.76. The predicted octanol–water partition coefficient (Wildman–Crippen LogP) is 2.81. The fourth-order valence-corrected chi connectivity index (χ4v) is 3.89. The number of carbonyl (C=O) groups excluding carboxylic acids is 3. The Morgan fingerprint density at radius 3 is 2.34 bits per heavy atom. The monoisotopic (exact) mass is 588 g/mol. The fraction of sp³-hybridized carbons (Fsp3) is 0.296. The van der Waals surface area contributed by atoms with Gasteiger partial charge in [0, 0.05) is 11.6 Å². The molecule has 0 aliphatic heterocycles. The first kappa shape index (κ1) is 30.9. The Balaban J connectivity index is 1.82. The molecule has 218 valence electrons. The molecule has 0 radical (unpaired) electrons. The number of nitrogens with one attached hydrogen (secondary N) is 3. The molecule has 14 heteroatoms. The molecule has 4 N–H and O–H groups in total. The summed E-state index contributed by atoms with van der Waals surface area (Å²) in [5, 5.41) is 15.9. The van der Waals surface area contributed by atoms with E-state index in [4.69, 9.17) is 20.9 Å². The van der Waals surface area contributed by atoms with Gasteiger partial charge < -0.3 is 24.4 Å². The van der Waals surface area contributed by atoms with Gasteiger partial charge in [0.1, 0.15) is 6.04 Å². The molecule has 0 aliphatic rings. The van der Waals surface area contributed by atoms with Gasteiger partial charge in [-0.2, -0.15) is 5.16 Å². The Kier molecular flexibility index (Phi) is 10.7. The number of halogens is 1. The number of hydrazine groups is 1. The molecule has 0 spiro atoms. The van der Waals surface area contributed by atoms with Crippen LogP contribution in [-0.4, -0.2) is 65.0 Å². The van der Waals surface area contributed by atoms with Crippen LogP contribution in [0.1, 0.15) is 30.0 Å². The van der Waals surface area contributed by atoms with Crippen molar-refractivity contribution in [2.75, 3.05) is 13.7 Å². The fourth-order valence-electron chi connectivity index (χ4n) is 3.70. The third-order valence-electron chi connectivity index (χ3n) is 5.79. The average molecular weight is 589 g/mol. The van der Waals surface area contributed by atoms with Gasteiger partial charge in [0.15, 0.2) is 0 Å². The lowest BCUT2D eigenvalue weighted by molar-refractivity contribution is -0.167. The zero-order valence-corrected chi connectivity index (χ0v) is 23.1. The SMILES string of the molecule is COC(=O)N[C@H](C(=O)O[C@H](CN(Cc1ccc(-c2cccc(Cl)c2)cc1)NC(=O)c1cc(=O)[nH]o1)C(=O)O)C(C)C. The molecule has 41 heavy (non-hydrogen) atoms. The number of benzene rings is 2. The third-order valence-corrected chi connectivity index (χ3v) is 6.03. The molecule has 1 heterocycles. The van der Waals surface area contributed by atoms with E-state index in [-0.39, 0.29) is 12.3 Å². The maximum atomic E-state index is 12.8. The van der Waals surface area contributed by atoms with Crippen LogP contribution in [0.3, 0.4) is 0 Å². The molecule has 2 atom stereocenters. The molecular weight excluding hydrogens is 560 g/mol. The number of aromatic amines is 1. The summed E-state index contributed by atoms with van der Waals surface area (Å²) in [5.41, 5.74) is 4.25. The normalized spacial score (nSPS) is 12.4. The van der Waals surface area contributed by atoms with E-state index in [0.717, 1.165) is 24.3 Å². The standard InChI is InChI=1S/C27H29ClN4O9/c1-15(2)23(29-27(38)39-3)26(37)40-21(25(35)36)14-32(30-24(34)20-12-22(33)31-41-20)13-16-7-9-17(10-8-16)18-5-4-6-19(28)11-18/h4-12,15,21,23H,13-14H2,1-3H3,(H,29,38)(H,30,34)(H,31,33)(H,35,36)/t21-,23+/m1/s1. The third kappa shape index (κ3) is 8.95. The first-order chi connectivity index (χ1) is 19.5. The molecule has 3 rings (SSSR count). The van der Waals surface area contributed by atoms with E-state index in [9.17, 15) is 29.1 Å². The van der Waals surface area contributed by atoms with Gasteiger partial charge in [-0.3, -0.25) is 15.0 Å². The van der Waals surface area contributed by atoms with E-state index in [1.165, 1.54) is 5.01 Å². The molecule has 2 aromatic carbocycles. The van der Waals surface area contributed by atoms with Crippen LogP contribution in [0.4, 0.5) is 4.79 Å². The number of ether oxygens (including phenoxy) is 2. The van der Waals surface area contributed by atoms with Gasteiger partial charge in [-0.05, 0) is 34.7 Å². The number of alkyl carbamates (subject to hydrolysis) is 1. The Bertz CT molecular complexity index is 1430. The predicted molar refractivity (Wildman–Crippen MR) is 146 cm³/mol. The average Bonchev–Trinajstić information content (AvgIpc) is 3.37. The number of carboxylic acids is 1. The Morgan fingerprint density at radius 2 is 1.78 bits per heavy atom. The van der Waals surface area contributed by atoms with Crippen LogP contribution in [0.5, 0.6) is 0 Å². The second kappa shape index (κ2) is 14.1. The van der Waals surface area contributed by atoms with E-state index in [1.807, 2.05) is 29.4 Å².